The summed E-state index contributed by atoms with van der Waals surface area (Å²) in [5, 5.41) is 0. The van der Waals surface area contributed by atoms with Crippen molar-refractivity contribution in [2.45, 2.75) is 159 Å². The van der Waals surface area contributed by atoms with Crippen LogP contribution >= 0.6 is 0 Å². The Labute approximate surface area is 297 Å². The number of carbonyl (C=O) groups is 1. The molecule has 47 heavy (non-hydrogen) atoms. The molecule has 1 aliphatic rings. The van der Waals surface area contributed by atoms with Crippen LogP contribution in [0, 0.1) is 11.2 Å². The quantitative estimate of drug-likeness (QED) is 0.202. The Morgan fingerprint density at radius 3 is 1.66 bits per heavy atom. The topological polar surface area (TPSA) is 26.3 Å². The number of carbonyl (C=O) groups excluding carboxylic acids is 1. The lowest BCUT2D eigenvalue weighted by Gasteiger charge is -2.31. The number of halogens is 1. The monoisotopic (exact) mass is 663 g/mol. The first-order valence-corrected chi connectivity index (χ1v) is 13.8. The van der Waals surface area contributed by atoms with Crippen LogP contribution in [0.25, 0.3) is 0 Å². The zero-order chi connectivity index (χ0) is 26.8. The first kappa shape index (κ1) is 62.8. The molecule has 0 radical (unpaired) electrons. The summed E-state index contributed by atoms with van der Waals surface area (Å²) in [5.41, 5.74) is 6.24. The van der Waals surface area contributed by atoms with Crippen molar-refractivity contribution in [2.24, 2.45) is 5.41 Å². The van der Waals surface area contributed by atoms with Gasteiger partial charge in [0.2, 0.25) is 0 Å². The van der Waals surface area contributed by atoms with Crippen molar-refractivity contribution in [2.75, 3.05) is 7.11 Å². The van der Waals surface area contributed by atoms with E-state index in [4.69, 9.17) is 4.74 Å². The number of benzene rings is 3. The Morgan fingerprint density at radius 1 is 0.723 bits per heavy atom. The minimum atomic E-state index is -0.552. The molecule has 0 saturated carbocycles. The molecule has 0 fully saturated rings. The lowest BCUT2D eigenvalue weighted by molar-refractivity contribution is -0.151. The van der Waals surface area contributed by atoms with E-state index in [1.807, 2.05) is 26.0 Å². The van der Waals surface area contributed by atoms with Gasteiger partial charge in [-0.05, 0) is 104 Å². The van der Waals surface area contributed by atoms with Gasteiger partial charge in [0.15, 0.2) is 0 Å². The van der Waals surface area contributed by atoms with E-state index in [0.717, 1.165) is 31.2 Å². The molecule has 0 amide bonds. The fourth-order valence-corrected chi connectivity index (χ4v) is 5.33. The average molecular weight is 663 g/mol. The van der Waals surface area contributed by atoms with E-state index in [1.165, 1.54) is 60.8 Å². The summed E-state index contributed by atoms with van der Waals surface area (Å²) < 4.78 is 18.4. The maximum absolute atomic E-state index is 13.4. The normalized spacial score (nSPS) is 10.9. The first-order chi connectivity index (χ1) is 17.8. The third-order valence-corrected chi connectivity index (χ3v) is 7.64. The van der Waals surface area contributed by atoms with Crippen molar-refractivity contribution in [1.29, 1.82) is 0 Å². The molecule has 4 rings (SSSR count). The lowest BCUT2D eigenvalue weighted by atomic mass is 9.73. The Bertz CT molecular complexity index is 1120. The summed E-state index contributed by atoms with van der Waals surface area (Å²) in [6.07, 6.45) is 7.40. The highest BCUT2D eigenvalue weighted by Crippen LogP contribution is 2.41. The highest BCUT2D eigenvalue weighted by Gasteiger charge is 2.34. The van der Waals surface area contributed by atoms with Crippen molar-refractivity contribution >= 4 is 5.97 Å². The molecule has 0 N–H and O–H groups in total. The number of rotatable bonds is 10. The smallest absolute Gasteiger partial charge is 0.311 e. The maximum Gasteiger partial charge on any atom is 0.311 e. The number of methoxy groups -OCH3 is 1. The number of hydrogen-bond donors (Lipinski definition) is 0. The van der Waals surface area contributed by atoms with Crippen LogP contribution in [-0.4, -0.2) is 13.1 Å². The molecule has 3 heteroatoms. The number of aryl methyl sites for hydroxylation is 3. The highest BCUT2D eigenvalue weighted by molar-refractivity contribution is 5.75. The second-order valence-electron chi connectivity index (χ2n) is 10.9. The van der Waals surface area contributed by atoms with Crippen LogP contribution in [0.4, 0.5) is 4.39 Å². The summed E-state index contributed by atoms with van der Waals surface area (Å²) in [4.78, 5) is 12.3. The van der Waals surface area contributed by atoms with Gasteiger partial charge in [0.1, 0.15) is 5.82 Å². The number of fused-ring (bicyclic) bond motifs is 1. The van der Waals surface area contributed by atoms with Crippen molar-refractivity contribution in [3.63, 3.8) is 0 Å². The van der Waals surface area contributed by atoms with Gasteiger partial charge in [0, 0.05) is 0 Å². The number of hydrogen-bond acceptors (Lipinski definition) is 2. The van der Waals surface area contributed by atoms with Crippen LogP contribution in [0.1, 0.15) is 167 Å². The SMILES string of the molecule is C.C.C.C.C.C.C.C.C.C.CCC(CC(CC(C)(C)C(=O)OC)c1ccc2c(c1)CC2)c1ccc(F)cc1.CCCc1ccccc1. The molecule has 2 unspecified atom stereocenters. The fraction of sp³-hybridized carbons (Fsp3) is 0.568. The third-order valence-electron chi connectivity index (χ3n) is 7.64. The minimum Gasteiger partial charge on any atom is -0.469 e. The van der Waals surface area contributed by atoms with Gasteiger partial charge in [-0.15, -0.1) is 0 Å². The summed E-state index contributed by atoms with van der Waals surface area (Å²) in [7, 11) is 1.46. The Kier molecular flexibility index (Phi) is 40.6. The van der Waals surface area contributed by atoms with Crippen LogP contribution < -0.4 is 0 Å². The van der Waals surface area contributed by atoms with E-state index in [2.05, 4.69) is 62.4 Å². The molecule has 3 aromatic carbocycles. The molecule has 2 nitrogen and oxygen atoms in total. The van der Waals surface area contributed by atoms with Crippen LogP contribution in [0.15, 0.2) is 72.8 Å². The standard InChI is InChI=1S/C25H31FO2.C9H12.10CH4/c1-5-17(18-10-12-23(26)13-11-18)14-22(16-25(2,3)24(27)28-4)21-9-7-19-6-8-20(19)15-21;1-2-6-9-7-4-3-5-8-9;;;;;;;;;;/h7,9-13,15,17,22H,5-6,8,14,16H2,1-4H3;3-5,7-8H,2,6H2,1H3;10*1H4. The maximum atomic E-state index is 13.4. The predicted molar refractivity (Wildman–Crippen MR) is 219 cm³/mol. The van der Waals surface area contributed by atoms with Gasteiger partial charge in [-0.25, -0.2) is 4.39 Å². The van der Waals surface area contributed by atoms with Crippen molar-refractivity contribution in [3.05, 3.63) is 106 Å². The third kappa shape index (κ3) is 18.3. The van der Waals surface area contributed by atoms with Crippen LogP contribution in [0.2, 0.25) is 0 Å². The predicted octanol–water partition coefficient (Wildman–Crippen LogP) is 15.2. The molecule has 0 heterocycles. The first-order valence-electron chi connectivity index (χ1n) is 13.8. The molecule has 0 aliphatic heterocycles. The molecule has 0 spiro atoms. The fourth-order valence-electron chi connectivity index (χ4n) is 5.33. The summed E-state index contributed by atoms with van der Waals surface area (Å²) in [5.74, 6) is 0.195. The van der Waals surface area contributed by atoms with E-state index in [9.17, 15) is 9.18 Å². The molecule has 1 aliphatic carbocycles. The van der Waals surface area contributed by atoms with E-state index in [1.54, 1.807) is 0 Å². The summed E-state index contributed by atoms with van der Waals surface area (Å²) in [6, 6.07) is 24.2. The van der Waals surface area contributed by atoms with E-state index < -0.39 is 5.41 Å². The molecular formula is C44H83FO2. The Balaban J connectivity index is -0.000000118. The highest BCUT2D eigenvalue weighted by atomic mass is 19.1. The van der Waals surface area contributed by atoms with Crippen molar-refractivity contribution in [1.82, 2.24) is 0 Å². The number of ether oxygens (including phenoxy) is 1. The largest absolute Gasteiger partial charge is 0.469 e. The molecule has 278 valence electrons. The zero-order valence-corrected chi connectivity index (χ0v) is 23.2. The van der Waals surface area contributed by atoms with Crippen LogP contribution in [0.5, 0.6) is 0 Å². The van der Waals surface area contributed by atoms with Gasteiger partial charge in [0.05, 0.1) is 12.5 Å². The second-order valence-corrected chi connectivity index (χ2v) is 10.9. The van der Waals surface area contributed by atoms with Gasteiger partial charge in [-0.2, -0.15) is 0 Å². The van der Waals surface area contributed by atoms with Gasteiger partial charge in [-0.1, -0.05) is 155 Å². The molecular weight excluding hydrogens is 579 g/mol. The Hall–Kier alpha value is -2.94. The number of esters is 1. The average Bonchev–Trinajstić information content (AvgIpc) is 2.88. The Morgan fingerprint density at radius 2 is 1.23 bits per heavy atom. The molecule has 3 aromatic rings. The van der Waals surface area contributed by atoms with Gasteiger partial charge >= 0.3 is 5.97 Å². The van der Waals surface area contributed by atoms with E-state index >= 15 is 0 Å². The zero-order valence-electron chi connectivity index (χ0n) is 23.2. The van der Waals surface area contributed by atoms with Gasteiger partial charge in [0.25, 0.3) is 0 Å². The lowest BCUT2D eigenvalue weighted by Crippen LogP contribution is -2.28. The molecule has 2 atom stereocenters. The molecule has 0 bridgehead atoms. The van der Waals surface area contributed by atoms with E-state index in [-0.39, 0.29) is 92.0 Å². The minimum absolute atomic E-state index is 0. The van der Waals surface area contributed by atoms with Gasteiger partial charge < -0.3 is 4.74 Å². The van der Waals surface area contributed by atoms with Gasteiger partial charge in [-0.3, -0.25) is 4.79 Å². The van der Waals surface area contributed by atoms with Crippen LogP contribution in [0.3, 0.4) is 0 Å². The summed E-state index contributed by atoms with van der Waals surface area (Å²) in [6.45, 7) is 8.30. The van der Waals surface area contributed by atoms with Crippen molar-refractivity contribution in [3.8, 4) is 0 Å². The second kappa shape index (κ2) is 30.4. The van der Waals surface area contributed by atoms with Crippen LogP contribution in [-0.2, 0) is 28.8 Å². The molecule has 0 saturated heterocycles. The van der Waals surface area contributed by atoms with Crippen molar-refractivity contribution < 1.29 is 13.9 Å². The van der Waals surface area contributed by atoms with E-state index in [0.29, 0.717) is 5.92 Å². The molecule has 0 aromatic heterocycles. The summed E-state index contributed by atoms with van der Waals surface area (Å²) >= 11 is 0.